The molecule has 1 saturated carbocycles. The van der Waals surface area contributed by atoms with E-state index in [1.165, 1.54) is 0 Å². The van der Waals surface area contributed by atoms with Gasteiger partial charge in [-0.15, -0.1) is 0 Å². The summed E-state index contributed by atoms with van der Waals surface area (Å²) in [4.78, 5) is 22.8. The number of rotatable bonds is 7. The summed E-state index contributed by atoms with van der Waals surface area (Å²) in [6.07, 6.45) is 2.46. The van der Waals surface area contributed by atoms with Crippen molar-refractivity contribution in [2.45, 2.75) is 25.7 Å². The molecule has 5 nitrogen and oxygen atoms in total. The average molecular weight is 291 g/mol. The quantitative estimate of drug-likeness (QED) is 0.754. The Morgan fingerprint density at radius 3 is 2.57 bits per heavy atom. The van der Waals surface area contributed by atoms with E-state index in [0.29, 0.717) is 32.4 Å². The van der Waals surface area contributed by atoms with Crippen LogP contribution in [0.1, 0.15) is 25.7 Å². The standard InChI is InChI=1S/C16H21NO4/c18-15(12-7-8-13(11-12)16(19)20)17-9-4-10-21-14-5-2-1-3-6-14/h1-3,5-6,12-13H,4,7-11H2,(H,17,18)(H,19,20). The molecule has 2 rings (SSSR count). The largest absolute Gasteiger partial charge is 0.494 e. The molecule has 1 aliphatic rings. The highest BCUT2D eigenvalue weighted by molar-refractivity contribution is 5.80. The van der Waals surface area contributed by atoms with Crippen LogP contribution >= 0.6 is 0 Å². The third-order valence-electron chi connectivity index (χ3n) is 3.78. The third-order valence-corrected chi connectivity index (χ3v) is 3.78. The summed E-state index contributed by atoms with van der Waals surface area (Å²) in [5, 5.41) is 11.8. The summed E-state index contributed by atoms with van der Waals surface area (Å²) in [5.41, 5.74) is 0. The molecule has 0 aromatic heterocycles. The van der Waals surface area contributed by atoms with Crippen LogP contribution in [0.5, 0.6) is 5.75 Å². The molecule has 5 heteroatoms. The first kappa shape index (κ1) is 15.4. The van der Waals surface area contributed by atoms with Crippen LogP contribution in [0.2, 0.25) is 0 Å². The minimum Gasteiger partial charge on any atom is -0.494 e. The van der Waals surface area contributed by atoms with Crippen LogP contribution in [0.25, 0.3) is 0 Å². The number of carboxylic acids is 1. The SMILES string of the molecule is O=C(O)C1CCC(C(=O)NCCCOc2ccccc2)C1. The normalized spacial score (nSPS) is 21.0. The third kappa shape index (κ3) is 4.77. The van der Waals surface area contributed by atoms with E-state index in [2.05, 4.69) is 5.32 Å². The van der Waals surface area contributed by atoms with Crippen LogP contribution in [0.4, 0.5) is 0 Å². The van der Waals surface area contributed by atoms with Crippen molar-refractivity contribution in [3.8, 4) is 5.75 Å². The van der Waals surface area contributed by atoms with Gasteiger partial charge in [0.1, 0.15) is 5.75 Å². The molecule has 1 amide bonds. The Hall–Kier alpha value is -2.04. The van der Waals surface area contributed by atoms with Gasteiger partial charge in [0.15, 0.2) is 0 Å². The summed E-state index contributed by atoms with van der Waals surface area (Å²) in [6, 6.07) is 9.54. The zero-order chi connectivity index (χ0) is 15.1. The fourth-order valence-electron chi connectivity index (χ4n) is 2.58. The maximum atomic E-state index is 11.9. The maximum Gasteiger partial charge on any atom is 0.306 e. The lowest BCUT2D eigenvalue weighted by Crippen LogP contribution is -2.31. The van der Waals surface area contributed by atoms with E-state index < -0.39 is 5.97 Å². The van der Waals surface area contributed by atoms with Gasteiger partial charge in [-0.05, 0) is 37.8 Å². The lowest BCUT2D eigenvalue weighted by Gasteiger charge is -2.11. The summed E-state index contributed by atoms with van der Waals surface area (Å²) in [6.45, 7) is 1.10. The van der Waals surface area contributed by atoms with Gasteiger partial charge in [-0.2, -0.15) is 0 Å². The minimum atomic E-state index is -0.790. The summed E-state index contributed by atoms with van der Waals surface area (Å²) in [7, 11) is 0. The predicted octanol–water partition coefficient (Wildman–Crippen LogP) is 2.07. The lowest BCUT2D eigenvalue weighted by molar-refractivity contribution is -0.141. The molecule has 1 aromatic carbocycles. The molecule has 0 radical (unpaired) electrons. The zero-order valence-electron chi connectivity index (χ0n) is 12.0. The van der Waals surface area contributed by atoms with E-state index in [1.54, 1.807) is 0 Å². The van der Waals surface area contributed by atoms with E-state index in [4.69, 9.17) is 9.84 Å². The highest BCUT2D eigenvalue weighted by Crippen LogP contribution is 2.31. The molecular weight excluding hydrogens is 270 g/mol. The van der Waals surface area contributed by atoms with Crippen molar-refractivity contribution in [1.29, 1.82) is 0 Å². The molecule has 0 aliphatic heterocycles. The van der Waals surface area contributed by atoms with Crippen molar-refractivity contribution in [2.24, 2.45) is 11.8 Å². The molecule has 2 unspecified atom stereocenters. The lowest BCUT2D eigenvalue weighted by atomic mass is 10.0. The number of amides is 1. The van der Waals surface area contributed by atoms with Gasteiger partial charge >= 0.3 is 5.97 Å². The molecule has 1 aliphatic carbocycles. The van der Waals surface area contributed by atoms with E-state index in [9.17, 15) is 9.59 Å². The summed E-state index contributed by atoms with van der Waals surface area (Å²) < 4.78 is 5.53. The predicted molar refractivity (Wildman–Crippen MR) is 78.0 cm³/mol. The maximum absolute atomic E-state index is 11.9. The monoisotopic (exact) mass is 291 g/mol. The van der Waals surface area contributed by atoms with E-state index in [-0.39, 0.29) is 17.7 Å². The Labute approximate surface area is 124 Å². The molecule has 114 valence electrons. The number of nitrogens with one attached hydrogen (secondary N) is 1. The number of carbonyl (C=O) groups excluding carboxylic acids is 1. The van der Waals surface area contributed by atoms with E-state index in [0.717, 1.165) is 12.2 Å². The molecular formula is C16H21NO4. The molecule has 2 N–H and O–H groups in total. The summed E-state index contributed by atoms with van der Waals surface area (Å²) >= 11 is 0. The number of para-hydroxylation sites is 1. The molecule has 0 heterocycles. The number of aliphatic carboxylic acids is 1. The highest BCUT2D eigenvalue weighted by atomic mass is 16.5. The van der Waals surface area contributed by atoms with Crippen LogP contribution in [-0.2, 0) is 9.59 Å². The first-order valence-corrected chi connectivity index (χ1v) is 7.35. The molecule has 0 spiro atoms. The average Bonchev–Trinajstić information content (AvgIpc) is 2.98. The molecule has 2 atom stereocenters. The Morgan fingerprint density at radius 1 is 1.19 bits per heavy atom. The molecule has 0 saturated heterocycles. The fourth-order valence-corrected chi connectivity index (χ4v) is 2.58. The number of hydrogen-bond donors (Lipinski definition) is 2. The number of carbonyl (C=O) groups is 2. The van der Waals surface area contributed by atoms with Gasteiger partial charge in [-0.3, -0.25) is 9.59 Å². The first-order chi connectivity index (χ1) is 10.2. The van der Waals surface area contributed by atoms with Crippen LogP contribution in [0.15, 0.2) is 30.3 Å². The van der Waals surface area contributed by atoms with Gasteiger partial charge < -0.3 is 15.2 Å². The van der Waals surface area contributed by atoms with E-state index >= 15 is 0 Å². The first-order valence-electron chi connectivity index (χ1n) is 7.35. The second kappa shape index (κ2) is 7.67. The Kier molecular flexibility index (Phi) is 5.60. The van der Waals surface area contributed by atoms with Crippen LogP contribution in [0, 0.1) is 11.8 Å². The molecule has 1 aromatic rings. The molecule has 0 bridgehead atoms. The zero-order valence-corrected chi connectivity index (χ0v) is 12.0. The van der Waals surface area contributed by atoms with Crippen molar-refractivity contribution in [1.82, 2.24) is 5.32 Å². The summed E-state index contributed by atoms with van der Waals surface area (Å²) in [5.74, 6) is -0.507. The van der Waals surface area contributed by atoms with Gasteiger partial charge in [0.2, 0.25) is 5.91 Å². The minimum absolute atomic E-state index is 0.0292. The van der Waals surface area contributed by atoms with E-state index in [1.807, 2.05) is 30.3 Å². The van der Waals surface area contributed by atoms with Gasteiger partial charge in [0.05, 0.1) is 12.5 Å². The smallest absolute Gasteiger partial charge is 0.306 e. The van der Waals surface area contributed by atoms with Crippen molar-refractivity contribution in [2.75, 3.05) is 13.2 Å². The van der Waals surface area contributed by atoms with Crippen LogP contribution in [0.3, 0.4) is 0 Å². The number of benzene rings is 1. The number of hydrogen-bond acceptors (Lipinski definition) is 3. The van der Waals surface area contributed by atoms with Gasteiger partial charge in [-0.1, -0.05) is 18.2 Å². The van der Waals surface area contributed by atoms with Gasteiger partial charge in [0, 0.05) is 12.5 Å². The van der Waals surface area contributed by atoms with Crippen molar-refractivity contribution in [3.63, 3.8) is 0 Å². The second-order valence-electron chi connectivity index (χ2n) is 5.35. The molecule has 21 heavy (non-hydrogen) atoms. The van der Waals surface area contributed by atoms with Gasteiger partial charge in [0.25, 0.3) is 0 Å². The van der Waals surface area contributed by atoms with Crippen LogP contribution < -0.4 is 10.1 Å². The Balaban J connectivity index is 1.59. The van der Waals surface area contributed by atoms with Crippen molar-refractivity contribution in [3.05, 3.63) is 30.3 Å². The Bertz CT molecular complexity index is 474. The number of carboxylic acid groups (broad SMARTS) is 1. The topological polar surface area (TPSA) is 75.6 Å². The number of ether oxygens (including phenoxy) is 1. The Morgan fingerprint density at radius 2 is 1.90 bits per heavy atom. The van der Waals surface area contributed by atoms with Gasteiger partial charge in [-0.25, -0.2) is 0 Å². The fraction of sp³-hybridized carbons (Fsp3) is 0.500. The van der Waals surface area contributed by atoms with Crippen molar-refractivity contribution >= 4 is 11.9 Å². The molecule has 1 fully saturated rings. The van der Waals surface area contributed by atoms with Crippen molar-refractivity contribution < 1.29 is 19.4 Å². The van der Waals surface area contributed by atoms with Crippen LogP contribution in [-0.4, -0.2) is 30.1 Å². The highest BCUT2D eigenvalue weighted by Gasteiger charge is 2.33. The second-order valence-corrected chi connectivity index (χ2v) is 5.35.